The second-order valence-corrected chi connectivity index (χ2v) is 43.2. The van der Waals surface area contributed by atoms with E-state index in [2.05, 4.69) is 323 Å². The van der Waals surface area contributed by atoms with Gasteiger partial charge in [-0.3, -0.25) is 0 Å². The molecule has 13 nitrogen and oxygen atoms in total. The van der Waals surface area contributed by atoms with Crippen molar-refractivity contribution < 1.29 is 37.9 Å². The summed E-state index contributed by atoms with van der Waals surface area (Å²) in [6, 6.07) is 106. The van der Waals surface area contributed by atoms with Crippen LogP contribution in [-0.2, 0) is 0 Å². The fraction of sp³-hybridized carbons (Fsp3) is 0.0286. The van der Waals surface area contributed by atoms with E-state index in [4.69, 9.17) is 37.9 Å². The zero-order valence-electron chi connectivity index (χ0n) is 68.8. The number of para-hydroxylation sites is 2. The van der Waals surface area contributed by atoms with Crippen LogP contribution in [0.1, 0.15) is 16.7 Å². The Labute approximate surface area is 728 Å². The standard InChI is InChI=1S/C30H19B5N2O2P.3C25H14BNO2/c1-2-8-17(9-3-1)36-40(33-31-34(40)35(33)40)25-16-24-29-30-26(25)18-10-4-5-11-19(18)37(30)20-12-6-13-21-27(20)32(29)28-22(38-21)14-7-15-23(28)39-24;1-13-5-2-6-15-21(13)14-11-12-20-24-25(14)27(15)16-7-3-8-17-22(16)26(24)23-18(28-17)9-4-10-19(23)29-20;1-13-8-10-16-15(12-13)14-9-11-21-24-25(14)27(16)17-4-2-5-18-22(17)26(24)23-19(28-18)6-3-7-20(23)29-21;1-13-8-9-14-15-10-11-21-24-25(15)27(17(14)12-13)16-4-2-5-18-22(16)26(24)23-19(28-18)6-3-7-20(23)29-21/h1-16,36H,31H2;3*2-12H,1H3/q-1;;;. The summed E-state index contributed by atoms with van der Waals surface area (Å²) in [5.74, 6) is 15.0. The number of anilines is 1. The van der Waals surface area contributed by atoms with Crippen molar-refractivity contribution >= 4 is 223 Å². The zero-order chi connectivity index (χ0) is 82.1. The summed E-state index contributed by atoms with van der Waals surface area (Å²) >= 11 is 0. The van der Waals surface area contributed by atoms with Gasteiger partial charge in [0.05, 0.1) is 33.1 Å². The molecular weight excluding hydrogens is 1580 g/mol. The van der Waals surface area contributed by atoms with Gasteiger partial charge in [-0.05, 0) is 198 Å². The van der Waals surface area contributed by atoms with E-state index in [1.165, 1.54) is 182 Å². The molecule has 1 N–H and O–H groups in total. The molecule has 0 amide bonds. The molecule has 127 heavy (non-hydrogen) atoms. The Balaban J connectivity index is 0.0000000790. The molecule has 2 bridgehead atoms. The van der Waals surface area contributed by atoms with Gasteiger partial charge in [0, 0.05) is 65.8 Å². The van der Waals surface area contributed by atoms with E-state index in [0.717, 1.165) is 127 Å². The van der Waals surface area contributed by atoms with E-state index < -0.39 is 6.39 Å². The van der Waals surface area contributed by atoms with E-state index in [0.29, 0.717) is 0 Å². The number of benzene rings is 17. The van der Waals surface area contributed by atoms with Crippen LogP contribution in [0.4, 0.5) is 5.69 Å². The predicted octanol–water partition coefficient (Wildman–Crippen LogP) is 15.8. The van der Waals surface area contributed by atoms with Gasteiger partial charge in [-0.25, -0.2) is 0 Å². The molecule has 0 saturated carbocycles. The first kappa shape index (κ1) is 66.6. The molecule has 22 heteroatoms. The summed E-state index contributed by atoms with van der Waals surface area (Å²) in [4.78, 5) is 0. The number of nitrogens with one attached hydrogen (secondary N) is 1. The molecule has 16 aliphatic rings. The molecule has 584 valence electrons. The molecule has 4 aromatic heterocycles. The Hall–Kier alpha value is -14.9. The maximum absolute atomic E-state index is 6.90. The number of ether oxygens (including phenoxy) is 8. The van der Waals surface area contributed by atoms with Gasteiger partial charge in [0.15, 0.2) is 0 Å². The van der Waals surface area contributed by atoms with Crippen molar-refractivity contribution in [1.29, 1.82) is 0 Å². The Kier molecular flexibility index (Phi) is 11.7. The van der Waals surface area contributed by atoms with Crippen LogP contribution in [0.3, 0.4) is 0 Å². The van der Waals surface area contributed by atoms with Gasteiger partial charge in [0.2, 0.25) is 0 Å². The Morgan fingerprint density at radius 1 is 0.252 bits per heavy atom. The molecule has 0 radical (unpaired) electrons. The van der Waals surface area contributed by atoms with Crippen LogP contribution in [-0.4, -0.2) is 70.8 Å². The molecule has 0 spiro atoms. The fourth-order valence-corrected chi connectivity index (χ4v) is 37.8. The van der Waals surface area contributed by atoms with E-state index in [9.17, 15) is 0 Å². The Morgan fingerprint density at radius 2 is 0.606 bits per heavy atom. The summed E-state index contributed by atoms with van der Waals surface area (Å²) < 4.78 is 61.5. The summed E-state index contributed by atoms with van der Waals surface area (Å²) in [6.07, 6.45) is 0.525. The molecule has 16 aliphatic heterocycles. The molecule has 0 atom stereocenters. The first-order valence-corrected chi connectivity index (χ1v) is 47.1. The number of aromatic nitrogens is 4. The van der Waals surface area contributed by atoms with E-state index in [1.807, 2.05) is 18.2 Å². The summed E-state index contributed by atoms with van der Waals surface area (Å²) in [6.45, 7) is 7.06. The van der Waals surface area contributed by atoms with E-state index >= 15 is 0 Å². The third-order valence-corrected chi connectivity index (χ3v) is 40.7. The normalized spacial score (nSPS) is 16.1. The van der Waals surface area contributed by atoms with Gasteiger partial charge >= 0.3 is 233 Å². The molecule has 20 heterocycles. The van der Waals surface area contributed by atoms with Gasteiger partial charge in [-0.1, -0.05) is 72.3 Å². The van der Waals surface area contributed by atoms with Crippen LogP contribution in [0.15, 0.2) is 297 Å². The van der Waals surface area contributed by atoms with Gasteiger partial charge in [0.25, 0.3) is 20.1 Å². The van der Waals surface area contributed by atoms with Crippen molar-refractivity contribution in [1.82, 2.24) is 18.3 Å². The molecule has 0 unspecified atom stereocenters. The zero-order valence-corrected chi connectivity index (χ0v) is 69.7. The van der Waals surface area contributed by atoms with E-state index in [1.54, 1.807) is 5.30 Å². The minimum absolute atomic E-state index is 0.122. The molecule has 17 aromatic carbocycles. The van der Waals surface area contributed by atoms with Gasteiger partial charge in [0.1, 0.15) is 69.0 Å². The number of hydrogen-bond donors (Lipinski definition) is 1. The van der Waals surface area contributed by atoms with E-state index in [-0.39, 0.29) is 33.9 Å². The van der Waals surface area contributed by atoms with Crippen LogP contribution in [0.5, 0.6) is 92.0 Å². The second-order valence-electron chi connectivity index (χ2n) is 37.6. The van der Waals surface area contributed by atoms with Gasteiger partial charge < -0.3 is 42.1 Å². The fourth-order valence-electron chi connectivity index (χ4n) is 27.5. The Bertz CT molecular complexity index is 8880. The second kappa shape index (κ2) is 22.2. The third kappa shape index (κ3) is 7.60. The monoisotopic (exact) mass is 1640 g/mol. The molecule has 37 rings (SSSR count). The summed E-state index contributed by atoms with van der Waals surface area (Å²) in [7, 11) is 0.139. The number of fused-ring (bicyclic) bond motifs is 16. The Morgan fingerprint density at radius 3 is 1.09 bits per heavy atom. The van der Waals surface area contributed by atoms with Crippen LogP contribution in [0.2, 0.25) is 0 Å². The van der Waals surface area contributed by atoms with Gasteiger partial charge in [-0.2, -0.15) is 0 Å². The minimum atomic E-state index is -2.24. The third-order valence-electron chi connectivity index (χ3n) is 32.3. The van der Waals surface area contributed by atoms with Crippen molar-refractivity contribution in [3.05, 3.63) is 314 Å². The number of rotatable bonds is 3. The first-order valence-electron chi connectivity index (χ1n) is 44.7. The van der Waals surface area contributed by atoms with Crippen molar-refractivity contribution in [2.75, 3.05) is 5.09 Å². The van der Waals surface area contributed by atoms with Gasteiger partial charge in [-0.15, -0.1) is 0 Å². The number of aryl methyl sites for hydroxylation is 3. The topological polar surface area (TPSA) is 106 Å². The molecular formula is C105H61B8N5O8P-. The average Bonchev–Trinajstić information content (AvgIpc) is 1.35. The number of hydrogen-bond acceptors (Lipinski definition) is 9. The van der Waals surface area contributed by atoms with Crippen LogP contribution < -0.4 is 114 Å². The molecule has 0 aliphatic carbocycles. The van der Waals surface area contributed by atoms with Crippen LogP contribution in [0.25, 0.3) is 110 Å². The van der Waals surface area contributed by atoms with Crippen LogP contribution in [0, 0.1) is 20.8 Å². The molecule has 4 saturated heterocycles. The quantitative estimate of drug-likeness (QED) is 0.137. The first-order chi connectivity index (χ1) is 62.7. The number of nitrogens with zero attached hydrogens (tertiary/aromatic N) is 4. The van der Waals surface area contributed by atoms with Crippen molar-refractivity contribution in [3.8, 4) is 115 Å². The van der Waals surface area contributed by atoms with Crippen molar-refractivity contribution in [2.24, 2.45) is 0 Å². The maximum atomic E-state index is 6.90. The molecule has 21 aromatic rings. The van der Waals surface area contributed by atoms with Crippen LogP contribution >= 0.6 is 6.39 Å². The van der Waals surface area contributed by atoms with Crippen molar-refractivity contribution in [2.45, 2.75) is 20.8 Å². The molecule has 4 fully saturated rings. The SMILES string of the molecule is Cc1ccc2c(c1)c1ccc3c4c1n2-c1cccc2c1B4c1c(cccc1O3)O2.Cc1ccc2c3ccc4c5c3n(c2c1)-c1cccc2c1B5c1c(cccc1O4)O2.Cc1cccc2c1c1ccc3c4c1n2-c1cccc2c1B4c1c(cccc1O3)O2.[BH2-]1B2B3B1P23(Nc1ccccc1)c1cc2c3c4c1c1ccccc1n4-c1cccc4c1B3c1c(cccc1O2)O4. The summed E-state index contributed by atoms with van der Waals surface area (Å²) in [5, 5.41) is 16.5. The predicted molar refractivity (Wildman–Crippen MR) is 525 cm³/mol. The van der Waals surface area contributed by atoms with Crippen molar-refractivity contribution in [3.63, 3.8) is 0 Å². The average molecular weight is 1640 g/mol. The summed E-state index contributed by atoms with van der Waals surface area (Å²) in [5.41, 5.74) is 34.9.